The van der Waals surface area contributed by atoms with Gasteiger partial charge in [-0.2, -0.15) is 0 Å². The third-order valence-corrected chi connectivity index (χ3v) is 2.97. The van der Waals surface area contributed by atoms with Gasteiger partial charge in [-0.15, -0.1) is 0 Å². The van der Waals surface area contributed by atoms with Crippen molar-refractivity contribution in [2.24, 2.45) is 0 Å². The van der Waals surface area contributed by atoms with Gasteiger partial charge in [-0.3, -0.25) is 0 Å². The maximum Gasteiger partial charge on any atom is -0.0132 e. The van der Waals surface area contributed by atoms with Crippen LogP contribution in [0.25, 0.3) is 16.8 Å². The van der Waals surface area contributed by atoms with Gasteiger partial charge in [-0.25, -0.2) is 0 Å². The monoisotopic (exact) mass is 210 g/mol. The SMILES string of the molecule is C=Cc1ccc2cc(C(C)(C)C)ccc2c1. The minimum Gasteiger partial charge on any atom is -0.0985 e. The molecule has 0 aliphatic carbocycles. The molecule has 0 aliphatic rings. The lowest BCUT2D eigenvalue weighted by Gasteiger charge is -2.19. The average molecular weight is 210 g/mol. The summed E-state index contributed by atoms with van der Waals surface area (Å²) in [6.45, 7) is 10.5. The Morgan fingerprint density at radius 2 is 1.56 bits per heavy atom. The van der Waals surface area contributed by atoms with Crippen LogP contribution in [0.15, 0.2) is 43.0 Å². The van der Waals surface area contributed by atoms with Gasteiger partial charge < -0.3 is 0 Å². The molecule has 2 rings (SSSR count). The van der Waals surface area contributed by atoms with E-state index in [1.807, 2.05) is 6.08 Å². The van der Waals surface area contributed by atoms with Gasteiger partial charge in [0.25, 0.3) is 0 Å². The van der Waals surface area contributed by atoms with Gasteiger partial charge >= 0.3 is 0 Å². The van der Waals surface area contributed by atoms with E-state index in [1.165, 1.54) is 21.9 Å². The first-order valence-electron chi connectivity index (χ1n) is 5.67. The minimum absolute atomic E-state index is 0.214. The van der Waals surface area contributed by atoms with Crippen LogP contribution in [-0.2, 0) is 5.41 Å². The van der Waals surface area contributed by atoms with Gasteiger partial charge in [0.15, 0.2) is 0 Å². The molecule has 0 fully saturated rings. The summed E-state index contributed by atoms with van der Waals surface area (Å²) in [4.78, 5) is 0. The maximum absolute atomic E-state index is 3.79. The normalized spacial score (nSPS) is 11.7. The van der Waals surface area contributed by atoms with E-state index in [4.69, 9.17) is 0 Å². The van der Waals surface area contributed by atoms with Crippen LogP contribution in [0.3, 0.4) is 0 Å². The Morgan fingerprint density at radius 1 is 0.938 bits per heavy atom. The van der Waals surface area contributed by atoms with E-state index in [2.05, 4.69) is 63.7 Å². The molecule has 0 aliphatic heterocycles. The molecule has 0 saturated heterocycles. The molecule has 0 heteroatoms. The van der Waals surface area contributed by atoms with Crippen molar-refractivity contribution in [1.29, 1.82) is 0 Å². The van der Waals surface area contributed by atoms with E-state index in [1.54, 1.807) is 0 Å². The molecular weight excluding hydrogens is 192 g/mol. The van der Waals surface area contributed by atoms with E-state index < -0.39 is 0 Å². The number of fused-ring (bicyclic) bond motifs is 1. The number of hydrogen-bond acceptors (Lipinski definition) is 0. The van der Waals surface area contributed by atoms with Crippen molar-refractivity contribution in [3.63, 3.8) is 0 Å². The highest BCUT2D eigenvalue weighted by Gasteiger charge is 2.13. The largest absolute Gasteiger partial charge is 0.0985 e. The highest BCUT2D eigenvalue weighted by Crippen LogP contribution is 2.26. The number of hydrogen-bond donors (Lipinski definition) is 0. The van der Waals surface area contributed by atoms with Crippen LogP contribution in [0.1, 0.15) is 31.9 Å². The average Bonchev–Trinajstić information content (AvgIpc) is 2.26. The molecule has 0 heterocycles. The second-order valence-corrected chi connectivity index (χ2v) is 5.28. The van der Waals surface area contributed by atoms with E-state index in [9.17, 15) is 0 Å². The molecule has 0 unspecified atom stereocenters. The van der Waals surface area contributed by atoms with Gasteiger partial charge in [0.1, 0.15) is 0 Å². The summed E-state index contributed by atoms with van der Waals surface area (Å²) in [5.74, 6) is 0. The Bertz CT molecular complexity index is 527. The Hall–Kier alpha value is -1.56. The topological polar surface area (TPSA) is 0 Å². The molecule has 0 amide bonds. The lowest BCUT2D eigenvalue weighted by molar-refractivity contribution is 0.591. The zero-order valence-electron chi connectivity index (χ0n) is 10.2. The Labute approximate surface area is 97.6 Å². The first-order chi connectivity index (χ1) is 7.50. The van der Waals surface area contributed by atoms with Gasteiger partial charge in [-0.05, 0) is 33.4 Å². The van der Waals surface area contributed by atoms with Crippen molar-refractivity contribution in [3.8, 4) is 0 Å². The van der Waals surface area contributed by atoms with Crippen LogP contribution in [0.5, 0.6) is 0 Å². The van der Waals surface area contributed by atoms with Crippen molar-refractivity contribution in [3.05, 3.63) is 54.1 Å². The second-order valence-electron chi connectivity index (χ2n) is 5.28. The van der Waals surface area contributed by atoms with Crippen molar-refractivity contribution in [2.45, 2.75) is 26.2 Å². The molecule has 2 aromatic carbocycles. The lowest BCUT2D eigenvalue weighted by atomic mass is 9.86. The van der Waals surface area contributed by atoms with Gasteiger partial charge in [0, 0.05) is 0 Å². The Kier molecular flexibility index (Phi) is 2.59. The first-order valence-corrected chi connectivity index (χ1v) is 5.67. The summed E-state index contributed by atoms with van der Waals surface area (Å²) in [5.41, 5.74) is 2.77. The molecule has 2 aromatic rings. The lowest BCUT2D eigenvalue weighted by Crippen LogP contribution is -2.10. The summed E-state index contributed by atoms with van der Waals surface area (Å²) in [5, 5.41) is 2.59. The van der Waals surface area contributed by atoms with E-state index in [-0.39, 0.29) is 5.41 Å². The van der Waals surface area contributed by atoms with Crippen molar-refractivity contribution < 1.29 is 0 Å². The summed E-state index contributed by atoms with van der Waals surface area (Å²) in [7, 11) is 0. The van der Waals surface area contributed by atoms with Crippen LogP contribution in [0, 0.1) is 0 Å². The van der Waals surface area contributed by atoms with Crippen molar-refractivity contribution in [1.82, 2.24) is 0 Å². The quantitative estimate of drug-likeness (QED) is 0.635. The van der Waals surface area contributed by atoms with E-state index in [0.717, 1.165) is 0 Å². The van der Waals surface area contributed by atoms with Crippen molar-refractivity contribution in [2.75, 3.05) is 0 Å². The molecule has 0 atom stereocenters. The second kappa shape index (κ2) is 3.79. The van der Waals surface area contributed by atoms with Crippen LogP contribution in [0.2, 0.25) is 0 Å². The smallest absolute Gasteiger partial charge is 0.0132 e. The van der Waals surface area contributed by atoms with Crippen LogP contribution in [-0.4, -0.2) is 0 Å². The highest BCUT2D eigenvalue weighted by atomic mass is 14.2. The number of benzene rings is 2. The van der Waals surface area contributed by atoms with Crippen molar-refractivity contribution >= 4 is 16.8 Å². The predicted molar refractivity (Wildman–Crippen MR) is 72.7 cm³/mol. The third-order valence-electron chi connectivity index (χ3n) is 2.97. The van der Waals surface area contributed by atoms with E-state index >= 15 is 0 Å². The summed E-state index contributed by atoms with van der Waals surface area (Å²) >= 11 is 0. The highest BCUT2D eigenvalue weighted by molar-refractivity contribution is 5.85. The van der Waals surface area contributed by atoms with E-state index in [0.29, 0.717) is 0 Å². The molecule has 0 aromatic heterocycles. The fourth-order valence-electron chi connectivity index (χ4n) is 1.86. The number of rotatable bonds is 1. The minimum atomic E-state index is 0.214. The van der Waals surface area contributed by atoms with Gasteiger partial charge in [0.2, 0.25) is 0 Å². The molecule has 16 heavy (non-hydrogen) atoms. The fraction of sp³-hybridized carbons (Fsp3) is 0.250. The maximum atomic E-state index is 3.79. The van der Waals surface area contributed by atoms with Gasteiger partial charge in [0.05, 0.1) is 0 Å². The molecule has 0 saturated carbocycles. The summed E-state index contributed by atoms with van der Waals surface area (Å²) in [6, 6.07) is 13.2. The van der Waals surface area contributed by atoms with Crippen LogP contribution in [0.4, 0.5) is 0 Å². The Balaban J connectivity index is 2.60. The summed E-state index contributed by atoms with van der Waals surface area (Å²) < 4.78 is 0. The molecular formula is C16H18. The van der Waals surface area contributed by atoms with Gasteiger partial charge in [-0.1, -0.05) is 63.8 Å². The Morgan fingerprint density at radius 3 is 2.19 bits per heavy atom. The molecule has 0 N–H and O–H groups in total. The standard InChI is InChI=1S/C16H18/c1-5-12-6-7-14-11-15(16(2,3)4)9-8-13(14)10-12/h5-11H,1H2,2-4H3. The molecule has 0 bridgehead atoms. The van der Waals surface area contributed by atoms with Crippen LogP contribution < -0.4 is 0 Å². The van der Waals surface area contributed by atoms with Crippen LogP contribution >= 0.6 is 0 Å². The molecule has 0 radical (unpaired) electrons. The first kappa shape index (κ1) is 10.9. The molecule has 82 valence electrons. The fourth-order valence-corrected chi connectivity index (χ4v) is 1.86. The third kappa shape index (κ3) is 2.01. The zero-order chi connectivity index (χ0) is 11.8. The molecule has 0 spiro atoms. The summed E-state index contributed by atoms with van der Waals surface area (Å²) in [6.07, 6.45) is 1.89. The predicted octanol–water partition coefficient (Wildman–Crippen LogP) is 4.78. The zero-order valence-corrected chi connectivity index (χ0v) is 10.2. The molecule has 0 nitrogen and oxygen atoms in total.